The molecule has 0 unspecified atom stereocenters. The molecule has 0 aliphatic carbocycles. The van der Waals surface area contributed by atoms with Crippen LogP contribution in [0.25, 0.3) is 43.1 Å². The Bertz CT molecular complexity index is 7500. The second kappa shape index (κ2) is 44.1. The first-order chi connectivity index (χ1) is 62.4. The van der Waals surface area contributed by atoms with Crippen molar-refractivity contribution in [2.75, 3.05) is 36.2 Å². The molecule has 12 aromatic rings. The predicted molar refractivity (Wildman–Crippen MR) is 457 cm³/mol. The number of benzene rings is 12. The molecular formula is C68H52CrN16O38S10. The molecule has 54 nitrogen and oxygen atoms in total. The molecule has 0 aliphatic heterocycles. The third-order valence-electron chi connectivity index (χ3n) is 17.3. The first-order valence-corrected chi connectivity index (χ1v) is 46.6. The van der Waals surface area contributed by atoms with Crippen LogP contribution in [0.4, 0.5) is 91.0 Å². The van der Waals surface area contributed by atoms with Crippen LogP contribution in [-0.2, 0) is 124 Å². The maximum absolute atomic E-state index is 12.7. The Balaban J connectivity index is 0.000000274. The molecule has 698 valence electrons. The van der Waals surface area contributed by atoms with Gasteiger partial charge in [0.15, 0.2) is 43.5 Å². The normalized spacial score (nSPS) is 12.6. The second-order valence-corrected chi connectivity index (χ2v) is 37.6. The van der Waals surface area contributed by atoms with Crippen molar-refractivity contribution in [1.29, 1.82) is 0 Å². The summed E-state index contributed by atoms with van der Waals surface area (Å²) in [6.07, 6.45) is 0. The summed E-state index contributed by atoms with van der Waals surface area (Å²) in [6, 6.07) is 33.0. The Hall–Kier alpha value is -12.2. The molecule has 12 rings (SSSR count). The summed E-state index contributed by atoms with van der Waals surface area (Å²) in [6.45, 7) is -1.15. The zero-order chi connectivity index (χ0) is 96.0. The molecule has 0 aromatic heterocycles. The smallest absolute Gasteiger partial charge is 0.397 e. The van der Waals surface area contributed by atoms with Gasteiger partial charge in [-0.15, -0.1) is 68.5 Å². The molecule has 0 atom stereocenters. The Morgan fingerprint density at radius 2 is 0.744 bits per heavy atom. The number of non-ortho nitro benzene ring substituents is 2. The Morgan fingerprint density at radius 3 is 1.20 bits per heavy atom. The van der Waals surface area contributed by atoms with E-state index in [1.54, 1.807) is 18.2 Å². The molecule has 0 aliphatic rings. The topological polar surface area (TPSA) is 827 Å². The van der Waals surface area contributed by atoms with E-state index in [4.69, 9.17) is 41.2 Å². The fraction of sp³-hybridized carbons (Fsp3) is 0.0588. The van der Waals surface area contributed by atoms with Gasteiger partial charge in [-0.25, -0.2) is 42.0 Å². The minimum absolute atomic E-state index is 0. The van der Waals surface area contributed by atoms with Gasteiger partial charge in [-0.3, -0.25) is 42.6 Å². The molecular weight excluding hydrogens is 2020 g/mol. The van der Waals surface area contributed by atoms with Crippen molar-refractivity contribution in [2.45, 2.75) is 39.2 Å². The Labute approximate surface area is 770 Å². The molecule has 12 aromatic carbocycles. The molecule has 133 heavy (non-hydrogen) atoms. The van der Waals surface area contributed by atoms with Gasteiger partial charge in [0.1, 0.15) is 55.4 Å². The van der Waals surface area contributed by atoms with Crippen molar-refractivity contribution in [3.63, 3.8) is 0 Å². The standard InChI is InChI=1S/2C34H26N8O19S5.Cr/c35-31-30-17(14-29(66(52,53)54)33(34(30)44)41-39-26-8-3-19(42(45)46)15-27(26)43)13-28(63-60-57-48)32(31)40-38-25-10-9-24(22-7-4-20(16-23(22)25)62-59-56-47)37-36-18-1-5-21(6-2-18)65(50,51)12-11-55-64-61-58-49;35-31-30-17(13-28(62-61-60-47)32(34(30)44)40-39-26-8-3-19(42(45)46)15-27(26)43)14-29(65(53,54)55)33(31)41-38-25-10-9-24(22-7-6-21(16-23(22)25)64(50,51)52)37-36-18-1-4-20(5-2-18)63(48,49)12-11-59-66(56,57)58;/h1-10,13-16,43-44,47-49H,11-12,35H2,(H,52,53,54);1-10,13-16,43-44,47H,11-12,35H2,(H,50,51,52)(H,53,54,55)(H,56,57,58);. The molecule has 0 spiro atoms. The van der Waals surface area contributed by atoms with Gasteiger partial charge in [0.25, 0.3) is 41.7 Å². The number of rotatable bonds is 38. The number of sulfone groups is 2. The number of fused-ring (bicyclic) bond motifs is 4. The van der Waals surface area contributed by atoms with Crippen molar-refractivity contribution < 1.29 is 183 Å². The van der Waals surface area contributed by atoms with Gasteiger partial charge in [0, 0.05) is 55.9 Å². The van der Waals surface area contributed by atoms with E-state index in [-0.39, 0.29) is 140 Å². The van der Waals surface area contributed by atoms with E-state index in [1.807, 2.05) is 0 Å². The monoisotopic (exact) mass is 2070 g/mol. The maximum atomic E-state index is 12.7. The third-order valence-corrected chi connectivity index (χ3v) is 25.9. The van der Waals surface area contributed by atoms with Crippen LogP contribution in [0.1, 0.15) is 0 Å². The van der Waals surface area contributed by atoms with Crippen LogP contribution in [0.2, 0.25) is 0 Å². The second-order valence-electron chi connectivity index (χ2n) is 25.3. The molecule has 0 heterocycles. The van der Waals surface area contributed by atoms with E-state index < -0.39 is 177 Å². The van der Waals surface area contributed by atoms with Crippen molar-refractivity contribution in [2.24, 2.45) is 61.4 Å². The van der Waals surface area contributed by atoms with Gasteiger partial charge in [-0.2, -0.15) is 43.9 Å². The molecule has 0 saturated heterocycles. The number of anilines is 2. The first-order valence-electron chi connectivity index (χ1n) is 34.7. The third kappa shape index (κ3) is 25.8. The summed E-state index contributed by atoms with van der Waals surface area (Å²) in [4.78, 5) is 17.7. The number of nitrogens with zero attached hydrogens (tertiary/aromatic N) is 14. The number of azo groups is 6. The summed E-state index contributed by atoms with van der Waals surface area (Å²) in [5.41, 5.74) is 8.26. The number of nitrogen functional groups attached to an aromatic ring is 2. The van der Waals surface area contributed by atoms with E-state index in [1.165, 1.54) is 72.8 Å². The summed E-state index contributed by atoms with van der Waals surface area (Å²) >= 11 is 1.37. The minimum atomic E-state index is -5.24. The predicted octanol–water partition coefficient (Wildman–Crippen LogP) is 17.7. The quantitative estimate of drug-likeness (QED) is 0.00250. The van der Waals surface area contributed by atoms with E-state index in [2.05, 4.69) is 103 Å². The summed E-state index contributed by atoms with van der Waals surface area (Å²) in [7, 11) is -28.0. The number of nitrogens with two attached hydrogens (primary N) is 2. The summed E-state index contributed by atoms with van der Waals surface area (Å²) < 4.78 is 212. The van der Waals surface area contributed by atoms with Crippen molar-refractivity contribution in [3.05, 3.63) is 190 Å². The van der Waals surface area contributed by atoms with E-state index in [9.17, 15) is 105 Å². The number of nitro benzene ring substituents is 2. The van der Waals surface area contributed by atoms with E-state index in [0.29, 0.717) is 39.8 Å². The maximum Gasteiger partial charge on any atom is 0.397 e. The molecule has 0 fully saturated rings. The van der Waals surface area contributed by atoms with Gasteiger partial charge in [0.2, 0.25) is 0 Å². The zero-order valence-corrected chi connectivity index (χ0v) is 74.3. The van der Waals surface area contributed by atoms with Crippen molar-refractivity contribution in [3.8, 4) is 23.0 Å². The largest absolute Gasteiger partial charge is 0.505 e. The van der Waals surface area contributed by atoms with Crippen molar-refractivity contribution >= 4 is 243 Å². The number of hydrogen-bond donors (Lipinski definition) is 14. The van der Waals surface area contributed by atoms with Crippen LogP contribution < -0.4 is 11.5 Å². The van der Waals surface area contributed by atoms with Gasteiger partial charge < -0.3 is 31.9 Å². The number of phenolic OH excluding ortho intramolecular Hbond substituents is 4. The molecule has 0 saturated carbocycles. The average molecular weight is 2070 g/mol. The molecule has 16 N–H and O–H groups in total. The first kappa shape index (κ1) is 103. The van der Waals surface area contributed by atoms with Crippen LogP contribution in [-0.4, -0.2) is 145 Å². The van der Waals surface area contributed by atoms with Crippen LogP contribution in [0.5, 0.6) is 23.0 Å². The van der Waals surface area contributed by atoms with Crippen LogP contribution in [0.3, 0.4) is 0 Å². The van der Waals surface area contributed by atoms with E-state index >= 15 is 0 Å². The number of phenols is 4. The minimum Gasteiger partial charge on any atom is -0.505 e. The molecule has 0 radical (unpaired) electrons. The summed E-state index contributed by atoms with van der Waals surface area (Å²) in [5.74, 6) is -4.48. The SMILES string of the molecule is Nc1c(N=Nc2ccc(N=Nc3ccc(S(=O)(=O)CCOS(=O)(=O)O)cc3)c3ccc(S(=O)(=O)O)cc23)c(S(=O)(=O)O)cc2cc(SOOO)c(N=Nc3ccc([N+](=O)[O-])cc3O)c(O)c12.Nc1c(N=Nc2ccc(N=Nc3ccc(S(=O)(=O)CCOSOOO)cc3)c3ccc(SOOO)cc23)c(SOOO)cc2cc(S(=O)(=O)O)c(N=Nc3ccc([N+](=O)[O-])cc3O)c(O)c12.[Cr]. The number of nitro groups is 2. The molecule has 0 amide bonds. The molecule has 65 heteroatoms. The van der Waals surface area contributed by atoms with Gasteiger partial charge >= 0.3 is 10.4 Å². The fourth-order valence-corrected chi connectivity index (χ4v) is 17.6. The van der Waals surface area contributed by atoms with Crippen LogP contribution in [0.15, 0.2) is 270 Å². The van der Waals surface area contributed by atoms with Crippen LogP contribution >= 0.6 is 48.5 Å². The van der Waals surface area contributed by atoms with Crippen molar-refractivity contribution in [1.82, 2.24) is 0 Å². The zero-order valence-electron chi connectivity index (χ0n) is 64.9. The van der Waals surface area contributed by atoms with Gasteiger partial charge in [-0.1, -0.05) is 32.3 Å². The number of aromatic hydroxyl groups is 4. The summed E-state index contributed by atoms with van der Waals surface area (Å²) in [5, 5.41) is 163. The van der Waals surface area contributed by atoms with Crippen LogP contribution in [0, 0.1) is 20.2 Å². The van der Waals surface area contributed by atoms with Gasteiger partial charge in [-0.05, 0) is 144 Å². The Morgan fingerprint density at radius 1 is 0.368 bits per heavy atom. The van der Waals surface area contributed by atoms with E-state index in [0.717, 1.165) is 78.9 Å². The Kier molecular flexibility index (Phi) is 34.1. The van der Waals surface area contributed by atoms with Gasteiger partial charge in [0.05, 0.1) is 164 Å². The fourth-order valence-electron chi connectivity index (χ4n) is 11.4. The molecule has 0 bridgehead atoms. The average Bonchev–Trinajstić information content (AvgIpc) is 0.746. The number of hydrogen-bond acceptors (Lipinski definition) is 52.